The standard InChI is InChI=1S/C16H18O/c1-4-5-7-13-8-6-9-14-11-15(17-3)10-12(2)16(13)14/h4-6,8-11H,7H2,1-3H3. The van der Waals surface area contributed by atoms with E-state index in [1.807, 2.05) is 0 Å². The summed E-state index contributed by atoms with van der Waals surface area (Å²) in [5.41, 5.74) is 2.65. The number of fused-ring (bicyclic) bond motifs is 1. The molecule has 2 aromatic carbocycles. The summed E-state index contributed by atoms with van der Waals surface area (Å²) in [4.78, 5) is 0. The Balaban J connectivity index is 2.63. The van der Waals surface area contributed by atoms with Gasteiger partial charge in [-0.05, 0) is 54.3 Å². The molecule has 0 spiro atoms. The van der Waals surface area contributed by atoms with Crippen molar-refractivity contribution in [3.8, 4) is 5.75 Å². The fourth-order valence-corrected chi connectivity index (χ4v) is 2.23. The number of allylic oxidation sites excluding steroid dienone is 2. The molecule has 0 fully saturated rings. The first-order valence-corrected chi connectivity index (χ1v) is 5.93. The van der Waals surface area contributed by atoms with Crippen molar-refractivity contribution in [2.45, 2.75) is 20.3 Å². The van der Waals surface area contributed by atoms with E-state index in [0.717, 1.165) is 12.2 Å². The Hall–Kier alpha value is -1.76. The maximum Gasteiger partial charge on any atom is 0.119 e. The van der Waals surface area contributed by atoms with Crippen LogP contribution in [0.5, 0.6) is 5.75 Å². The minimum Gasteiger partial charge on any atom is -0.497 e. The number of hydrogen-bond acceptors (Lipinski definition) is 1. The summed E-state index contributed by atoms with van der Waals surface area (Å²) < 4.78 is 5.31. The van der Waals surface area contributed by atoms with Crippen LogP contribution in [0.25, 0.3) is 10.8 Å². The number of rotatable bonds is 3. The molecular formula is C16H18O. The third-order valence-corrected chi connectivity index (χ3v) is 3.04. The minimum atomic E-state index is 0.929. The van der Waals surface area contributed by atoms with Crippen LogP contribution < -0.4 is 4.74 Å². The maximum atomic E-state index is 5.31. The fourth-order valence-electron chi connectivity index (χ4n) is 2.23. The van der Waals surface area contributed by atoms with E-state index in [0.29, 0.717) is 0 Å². The molecule has 0 radical (unpaired) electrons. The molecule has 2 rings (SSSR count). The Morgan fingerprint density at radius 3 is 2.76 bits per heavy atom. The van der Waals surface area contributed by atoms with Gasteiger partial charge in [0.1, 0.15) is 5.75 Å². The summed E-state index contributed by atoms with van der Waals surface area (Å²) in [7, 11) is 1.71. The van der Waals surface area contributed by atoms with E-state index in [4.69, 9.17) is 4.74 Å². The molecule has 0 heterocycles. The van der Waals surface area contributed by atoms with Crippen molar-refractivity contribution in [2.75, 3.05) is 7.11 Å². The Kier molecular flexibility index (Phi) is 3.48. The monoisotopic (exact) mass is 226 g/mol. The lowest BCUT2D eigenvalue weighted by Crippen LogP contribution is -1.90. The number of methoxy groups -OCH3 is 1. The molecule has 0 aliphatic heterocycles. The number of hydrogen-bond donors (Lipinski definition) is 0. The van der Waals surface area contributed by atoms with Crippen molar-refractivity contribution in [1.82, 2.24) is 0 Å². The number of ether oxygens (including phenoxy) is 1. The number of aryl methyl sites for hydroxylation is 1. The zero-order valence-electron chi connectivity index (χ0n) is 10.7. The molecule has 0 N–H and O–H groups in total. The highest BCUT2D eigenvalue weighted by molar-refractivity contribution is 5.90. The van der Waals surface area contributed by atoms with Gasteiger partial charge in [-0.3, -0.25) is 0 Å². The van der Waals surface area contributed by atoms with Gasteiger partial charge < -0.3 is 4.74 Å². The molecule has 0 aliphatic carbocycles. The van der Waals surface area contributed by atoms with Gasteiger partial charge in [-0.25, -0.2) is 0 Å². The SMILES string of the molecule is CC=CCc1cccc2cc(OC)cc(C)c12. The first-order chi connectivity index (χ1) is 8.26. The molecule has 1 nitrogen and oxygen atoms in total. The zero-order chi connectivity index (χ0) is 12.3. The zero-order valence-corrected chi connectivity index (χ0v) is 10.7. The molecule has 0 bridgehead atoms. The number of benzene rings is 2. The predicted molar refractivity (Wildman–Crippen MR) is 73.8 cm³/mol. The highest BCUT2D eigenvalue weighted by Crippen LogP contribution is 2.28. The van der Waals surface area contributed by atoms with Crippen molar-refractivity contribution in [2.24, 2.45) is 0 Å². The molecular weight excluding hydrogens is 208 g/mol. The highest BCUT2D eigenvalue weighted by atomic mass is 16.5. The van der Waals surface area contributed by atoms with Crippen LogP contribution in [0, 0.1) is 6.92 Å². The van der Waals surface area contributed by atoms with Crippen LogP contribution in [0.2, 0.25) is 0 Å². The molecule has 0 amide bonds. The molecule has 0 unspecified atom stereocenters. The Morgan fingerprint density at radius 2 is 2.06 bits per heavy atom. The van der Waals surface area contributed by atoms with Gasteiger partial charge in [0.05, 0.1) is 7.11 Å². The van der Waals surface area contributed by atoms with Crippen LogP contribution in [0.15, 0.2) is 42.5 Å². The van der Waals surface area contributed by atoms with Gasteiger partial charge in [0.25, 0.3) is 0 Å². The molecule has 0 aromatic heterocycles. The summed E-state index contributed by atoms with van der Waals surface area (Å²) in [6, 6.07) is 10.6. The summed E-state index contributed by atoms with van der Waals surface area (Å²) in [5, 5.41) is 2.61. The largest absolute Gasteiger partial charge is 0.497 e. The van der Waals surface area contributed by atoms with Crippen LogP contribution >= 0.6 is 0 Å². The molecule has 0 saturated carbocycles. The second kappa shape index (κ2) is 5.05. The maximum absolute atomic E-state index is 5.31. The second-order valence-corrected chi connectivity index (χ2v) is 4.23. The topological polar surface area (TPSA) is 9.23 Å². The summed E-state index contributed by atoms with van der Waals surface area (Å²) in [6.07, 6.45) is 5.27. The van der Waals surface area contributed by atoms with E-state index in [2.05, 4.69) is 56.3 Å². The summed E-state index contributed by atoms with van der Waals surface area (Å²) in [6.45, 7) is 4.20. The predicted octanol–water partition coefficient (Wildman–Crippen LogP) is 4.28. The third kappa shape index (κ3) is 2.33. The first kappa shape index (κ1) is 11.7. The Labute approximate surface area is 103 Å². The van der Waals surface area contributed by atoms with Gasteiger partial charge in [-0.2, -0.15) is 0 Å². The summed E-state index contributed by atoms with van der Waals surface area (Å²) in [5.74, 6) is 0.929. The van der Waals surface area contributed by atoms with Crippen molar-refractivity contribution >= 4 is 10.8 Å². The van der Waals surface area contributed by atoms with Crippen LogP contribution in [0.1, 0.15) is 18.1 Å². The molecule has 2 aromatic rings. The minimum absolute atomic E-state index is 0.929. The lowest BCUT2D eigenvalue weighted by molar-refractivity contribution is 0.415. The molecule has 0 aliphatic rings. The van der Waals surface area contributed by atoms with Gasteiger partial charge in [-0.15, -0.1) is 0 Å². The van der Waals surface area contributed by atoms with Crippen LogP contribution in [-0.4, -0.2) is 7.11 Å². The van der Waals surface area contributed by atoms with E-state index in [1.165, 1.54) is 21.9 Å². The van der Waals surface area contributed by atoms with Crippen molar-refractivity contribution in [3.63, 3.8) is 0 Å². The van der Waals surface area contributed by atoms with E-state index in [1.54, 1.807) is 7.11 Å². The fraction of sp³-hybridized carbons (Fsp3) is 0.250. The lowest BCUT2D eigenvalue weighted by Gasteiger charge is -2.10. The van der Waals surface area contributed by atoms with E-state index in [-0.39, 0.29) is 0 Å². The molecule has 1 heteroatoms. The van der Waals surface area contributed by atoms with Crippen molar-refractivity contribution in [1.29, 1.82) is 0 Å². The lowest BCUT2D eigenvalue weighted by atomic mass is 9.97. The average molecular weight is 226 g/mol. The van der Waals surface area contributed by atoms with Gasteiger partial charge in [-0.1, -0.05) is 30.4 Å². The van der Waals surface area contributed by atoms with Crippen LogP contribution in [0.3, 0.4) is 0 Å². The van der Waals surface area contributed by atoms with Gasteiger partial charge >= 0.3 is 0 Å². The first-order valence-electron chi connectivity index (χ1n) is 5.93. The Morgan fingerprint density at radius 1 is 1.24 bits per heavy atom. The average Bonchev–Trinajstić information content (AvgIpc) is 2.35. The molecule has 0 atom stereocenters. The van der Waals surface area contributed by atoms with Gasteiger partial charge in [0.15, 0.2) is 0 Å². The van der Waals surface area contributed by atoms with Crippen LogP contribution in [-0.2, 0) is 6.42 Å². The molecule has 17 heavy (non-hydrogen) atoms. The van der Waals surface area contributed by atoms with E-state index >= 15 is 0 Å². The highest BCUT2D eigenvalue weighted by Gasteiger charge is 2.05. The van der Waals surface area contributed by atoms with E-state index in [9.17, 15) is 0 Å². The van der Waals surface area contributed by atoms with Crippen molar-refractivity contribution < 1.29 is 4.74 Å². The second-order valence-electron chi connectivity index (χ2n) is 4.23. The van der Waals surface area contributed by atoms with Crippen LogP contribution in [0.4, 0.5) is 0 Å². The molecule has 0 saturated heterocycles. The quantitative estimate of drug-likeness (QED) is 0.710. The molecule has 88 valence electrons. The summed E-state index contributed by atoms with van der Waals surface area (Å²) >= 11 is 0. The van der Waals surface area contributed by atoms with Gasteiger partial charge in [0.2, 0.25) is 0 Å². The third-order valence-electron chi connectivity index (χ3n) is 3.04. The Bertz CT molecular complexity index is 553. The van der Waals surface area contributed by atoms with Gasteiger partial charge in [0, 0.05) is 0 Å². The van der Waals surface area contributed by atoms with E-state index < -0.39 is 0 Å². The van der Waals surface area contributed by atoms with Crippen molar-refractivity contribution in [3.05, 3.63) is 53.6 Å². The normalized spacial score (nSPS) is 11.2. The smallest absolute Gasteiger partial charge is 0.119 e.